The van der Waals surface area contributed by atoms with Gasteiger partial charge in [-0.2, -0.15) is 0 Å². The minimum absolute atomic E-state index is 0.0229. The summed E-state index contributed by atoms with van der Waals surface area (Å²) in [6, 6.07) is 35.8. The molecule has 66 heavy (non-hydrogen) atoms. The number of allylic oxidation sites excluding steroid dienone is 1. The molecule has 342 valence electrons. The van der Waals surface area contributed by atoms with Crippen molar-refractivity contribution in [2.75, 3.05) is 27.9 Å². The molecule has 8 rings (SSSR count). The second-order valence-corrected chi connectivity index (χ2v) is 17.6. The topological polar surface area (TPSA) is 164 Å². The van der Waals surface area contributed by atoms with Gasteiger partial charge < -0.3 is 44.7 Å². The van der Waals surface area contributed by atoms with E-state index in [9.17, 15) is 30.0 Å². The van der Waals surface area contributed by atoms with E-state index < -0.39 is 41.4 Å². The third-order valence-corrected chi connectivity index (χ3v) is 13.5. The van der Waals surface area contributed by atoms with Gasteiger partial charge in [-0.1, -0.05) is 78.9 Å². The third-order valence-electron chi connectivity index (χ3n) is 13.5. The minimum Gasteiger partial charge on any atom is -0.508 e. The number of nitrogens with one attached hydrogen (secondary N) is 1. The van der Waals surface area contributed by atoms with Crippen molar-refractivity contribution in [2.45, 2.75) is 69.6 Å². The highest BCUT2D eigenvalue weighted by Crippen LogP contribution is 2.60. The average molecular weight is 892 g/mol. The van der Waals surface area contributed by atoms with Crippen molar-refractivity contribution in [1.82, 2.24) is 5.32 Å². The summed E-state index contributed by atoms with van der Waals surface area (Å²) in [5, 5.41) is 49.1. The van der Waals surface area contributed by atoms with E-state index >= 15 is 0 Å². The number of aliphatic hydroxyl groups is 1. The van der Waals surface area contributed by atoms with E-state index in [1.807, 2.05) is 85.9 Å². The summed E-state index contributed by atoms with van der Waals surface area (Å²) in [6.45, 7) is 1.77. The van der Waals surface area contributed by atoms with Crippen molar-refractivity contribution >= 4 is 28.8 Å². The van der Waals surface area contributed by atoms with E-state index in [-0.39, 0.29) is 54.1 Å². The molecule has 5 N–H and O–H groups in total. The monoisotopic (exact) mass is 891 g/mol. The number of phenolic OH excluding ortho intramolecular Hbond substituents is 3. The number of aromatic hydroxyl groups is 3. The number of phenols is 3. The Kier molecular flexibility index (Phi) is 13.7. The fourth-order valence-electron chi connectivity index (χ4n) is 10.6. The van der Waals surface area contributed by atoms with Gasteiger partial charge >= 0.3 is 11.9 Å². The van der Waals surface area contributed by atoms with E-state index in [2.05, 4.69) is 17.5 Å². The molecule has 11 nitrogen and oxygen atoms in total. The highest BCUT2D eigenvalue weighted by atomic mass is 16.6. The Morgan fingerprint density at radius 2 is 1.59 bits per heavy atom. The summed E-state index contributed by atoms with van der Waals surface area (Å²) in [7, 11) is 4.87. The molecule has 0 heterocycles. The molecule has 0 spiro atoms. The molecule has 0 radical (unpaired) electrons. The Balaban J connectivity index is 1.21. The molecular weight excluding hydrogens is 835 g/mol. The van der Waals surface area contributed by atoms with Crippen LogP contribution in [0.5, 0.6) is 28.7 Å². The first-order chi connectivity index (χ1) is 31.9. The van der Waals surface area contributed by atoms with Crippen molar-refractivity contribution in [3.8, 4) is 39.9 Å². The molecule has 0 aliphatic heterocycles. The highest BCUT2D eigenvalue weighted by Gasteiger charge is 2.54. The number of carbonyl (C=O) groups excluding carboxylic acids is 2. The average Bonchev–Trinajstić information content (AvgIpc) is 3.30. The lowest BCUT2D eigenvalue weighted by molar-refractivity contribution is -0.162. The van der Waals surface area contributed by atoms with E-state index in [0.717, 1.165) is 55.3 Å². The molecule has 6 aromatic rings. The standard InChI is InChI=1S/C55H57NO10/c1-33(58)65-51-28-43(66-54(62)21-35-13-14-39-22-42(59)27-45(44(39)20-35)38-12-8-11-36(19-38)31-56-2)23-41(37-15-16-49(60)52(25-37)63-3)30-55(18-17-34-9-6-5-7-10-34)47(51)24-40-26-53(64-4)50(61)29-46(40)48(55)32-57/h5-20,22,25-27,29,41,43,47-48,51,56-57,59-61H,21,23-24,28,30-32H2,1-4H3/b18-17+/t41-,43-,47-,48-,51+,55-/m0/s1. The van der Waals surface area contributed by atoms with Crippen molar-refractivity contribution in [3.05, 3.63) is 155 Å². The van der Waals surface area contributed by atoms with Crippen molar-refractivity contribution < 1.29 is 49.0 Å². The van der Waals surface area contributed by atoms with E-state index in [1.54, 1.807) is 36.4 Å². The molecule has 0 saturated heterocycles. The van der Waals surface area contributed by atoms with Gasteiger partial charge in [-0.15, -0.1) is 0 Å². The van der Waals surface area contributed by atoms with Crippen LogP contribution in [0.15, 0.2) is 121 Å². The third kappa shape index (κ3) is 9.59. The molecule has 6 aromatic carbocycles. The van der Waals surface area contributed by atoms with Gasteiger partial charge in [0.15, 0.2) is 23.0 Å². The zero-order valence-electron chi connectivity index (χ0n) is 37.7. The summed E-state index contributed by atoms with van der Waals surface area (Å²) >= 11 is 0. The van der Waals surface area contributed by atoms with Crippen LogP contribution in [-0.2, 0) is 38.4 Å². The smallest absolute Gasteiger partial charge is 0.310 e. The summed E-state index contributed by atoms with van der Waals surface area (Å²) in [5.74, 6) is -1.68. The van der Waals surface area contributed by atoms with Gasteiger partial charge in [0, 0.05) is 37.1 Å². The van der Waals surface area contributed by atoms with Gasteiger partial charge in [-0.3, -0.25) is 9.59 Å². The van der Waals surface area contributed by atoms with Crippen LogP contribution in [0, 0.1) is 11.3 Å². The van der Waals surface area contributed by atoms with Gasteiger partial charge in [0.25, 0.3) is 0 Å². The minimum atomic E-state index is -0.896. The summed E-state index contributed by atoms with van der Waals surface area (Å²) in [5.41, 5.74) is 6.05. The number of carbonyl (C=O) groups is 2. The van der Waals surface area contributed by atoms with Crippen LogP contribution in [0.4, 0.5) is 0 Å². The molecular formula is C55H57NO10. The predicted molar refractivity (Wildman–Crippen MR) is 254 cm³/mol. The SMILES string of the molecule is CNCc1cccc(-c2cc(O)cc3ccc(CC(=O)O[C@H]4C[C@H](c5ccc(O)c(OC)c5)C[C@]5(/C=C/c6ccccc6)[C@@H](CO)c6cc(O)c(OC)cc6C[C@H]5[C@H](OC(C)=O)C4)cc23)c1. The number of hydrogen-bond donors (Lipinski definition) is 5. The second-order valence-electron chi connectivity index (χ2n) is 17.6. The van der Waals surface area contributed by atoms with E-state index in [1.165, 1.54) is 21.1 Å². The van der Waals surface area contributed by atoms with Crippen molar-refractivity contribution in [3.63, 3.8) is 0 Å². The summed E-state index contributed by atoms with van der Waals surface area (Å²) in [4.78, 5) is 27.5. The van der Waals surface area contributed by atoms with E-state index in [0.29, 0.717) is 25.8 Å². The Morgan fingerprint density at radius 3 is 2.33 bits per heavy atom. The van der Waals surface area contributed by atoms with Crippen LogP contribution < -0.4 is 14.8 Å². The number of aliphatic hydroxyl groups excluding tert-OH is 1. The maximum absolute atomic E-state index is 14.3. The van der Waals surface area contributed by atoms with Gasteiger partial charge in [-0.25, -0.2) is 0 Å². The van der Waals surface area contributed by atoms with Crippen LogP contribution >= 0.6 is 0 Å². The molecule has 0 aromatic heterocycles. The largest absolute Gasteiger partial charge is 0.508 e. The Bertz CT molecular complexity index is 2750. The number of methoxy groups -OCH3 is 2. The normalized spacial score (nSPS) is 21.6. The Morgan fingerprint density at radius 1 is 0.803 bits per heavy atom. The number of ether oxygens (including phenoxy) is 4. The maximum atomic E-state index is 14.3. The van der Waals surface area contributed by atoms with Crippen molar-refractivity contribution in [2.24, 2.45) is 11.3 Å². The molecule has 2 aliphatic rings. The Labute approximate surface area is 385 Å². The molecule has 11 heteroatoms. The zero-order chi connectivity index (χ0) is 46.5. The second kappa shape index (κ2) is 19.7. The number of esters is 2. The quantitative estimate of drug-likeness (QED) is 0.0702. The molecule has 2 aliphatic carbocycles. The van der Waals surface area contributed by atoms with E-state index in [4.69, 9.17) is 18.9 Å². The van der Waals surface area contributed by atoms with Crippen LogP contribution in [0.25, 0.3) is 28.0 Å². The van der Waals surface area contributed by atoms with Crippen LogP contribution in [0.3, 0.4) is 0 Å². The lowest BCUT2D eigenvalue weighted by Gasteiger charge is -2.54. The first-order valence-electron chi connectivity index (χ1n) is 22.4. The van der Waals surface area contributed by atoms with Gasteiger partial charge in [-0.05, 0) is 136 Å². The number of hydrogen-bond acceptors (Lipinski definition) is 11. The first-order valence-corrected chi connectivity index (χ1v) is 22.4. The van der Waals surface area contributed by atoms with Crippen molar-refractivity contribution in [1.29, 1.82) is 0 Å². The molecule has 1 saturated carbocycles. The summed E-state index contributed by atoms with van der Waals surface area (Å²) in [6.07, 6.45) is 3.89. The number of fused-ring (bicyclic) bond motifs is 3. The molecule has 0 amide bonds. The lowest BCUT2D eigenvalue weighted by Crippen LogP contribution is -2.51. The predicted octanol–water partition coefficient (Wildman–Crippen LogP) is 9.36. The highest BCUT2D eigenvalue weighted by molar-refractivity contribution is 5.98. The molecule has 1 fully saturated rings. The van der Waals surface area contributed by atoms with Gasteiger partial charge in [0.2, 0.25) is 0 Å². The first kappa shape index (κ1) is 45.7. The van der Waals surface area contributed by atoms with Crippen LogP contribution in [0.1, 0.15) is 71.4 Å². The van der Waals surface area contributed by atoms with Crippen LogP contribution in [-0.4, -0.2) is 72.4 Å². The van der Waals surface area contributed by atoms with Gasteiger partial charge in [0.05, 0.1) is 27.2 Å². The fourth-order valence-corrected chi connectivity index (χ4v) is 10.6. The maximum Gasteiger partial charge on any atom is 0.310 e. The zero-order valence-corrected chi connectivity index (χ0v) is 37.7. The molecule has 0 unspecified atom stereocenters. The number of rotatable bonds is 13. The lowest BCUT2D eigenvalue weighted by atomic mass is 9.52. The molecule has 0 bridgehead atoms. The summed E-state index contributed by atoms with van der Waals surface area (Å²) < 4.78 is 24.0. The van der Waals surface area contributed by atoms with Gasteiger partial charge in [0.1, 0.15) is 18.0 Å². The molecule has 6 atom stereocenters. The fraction of sp³-hybridized carbons (Fsp3) is 0.309. The Hall–Kier alpha value is -6.82. The van der Waals surface area contributed by atoms with Crippen LogP contribution in [0.2, 0.25) is 0 Å². The number of benzene rings is 6.